The first-order valence-corrected chi connectivity index (χ1v) is 5.93. The third-order valence-corrected chi connectivity index (χ3v) is 2.94. The number of halogens is 15. The van der Waals surface area contributed by atoms with E-state index in [2.05, 4.69) is 0 Å². The van der Waals surface area contributed by atoms with Gasteiger partial charge in [0.15, 0.2) is 0 Å². The van der Waals surface area contributed by atoms with Gasteiger partial charge >= 0.3 is 41.7 Å². The van der Waals surface area contributed by atoms with Crippen LogP contribution in [0.4, 0.5) is 65.9 Å². The Kier molecular flexibility index (Phi) is 5.96. The van der Waals surface area contributed by atoms with Crippen molar-refractivity contribution in [2.24, 2.45) is 0 Å². The zero-order valence-corrected chi connectivity index (χ0v) is 11.9. The lowest BCUT2D eigenvalue weighted by atomic mass is 9.89. The molecule has 0 aliphatic carbocycles. The van der Waals surface area contributed by atoms with Gasteiger partial charge < -0.3 is 5.11 Å². The Bertz CT molecular complexity index is 503. The highest BCUT2D eigenvalue weighted by Gasteiger charge is 2.93. The molecule has 1 atom stereocenters. The summed E-state index contributed by atoms with van der Waals surface area (Å²) in [5.74, 6) is -46.5. The summed E-state index contributed by atoms with van der Waals surface area (Å²) in [6, 6.07) is 0. The van der Waals surface area contributed by atoms with Crippen molar-refractivity contribution in [2.75, 3.05) is 0 Å². The lowest BCUT2D eigenvalue weighted by molar-refractivity contribution is -0.453. The molecule has 0 spiro atoms. The molecule has 1 nitrogen and oxygen atoms in total. The van der Waals surface area contributed by atoms with Crippen LogP contribution in [0.2, 0.25) is 0 Å². The molecule has 26 heavy (non-hydrogen) atoms. The van der Waals surface area contributed by atoms with E-state index in [1.165, 1.54) is 0 Å². The van der Waals surface area contributed by atoms with Crippen molar-refractivity contribution >= 4 is 0 Å². The normalized spacial score (nSPS) is 17.4. The average Bonchev–Trinajstić information content (AvgIpc) is 2.34. The standard InChI is InChI=1S/C10H7F15O/c1-3(26)2-4(11,12)5(13,14)6(15,16)7(17,18)8(19,20)9(21,22)10(23,24)25/h3,26H,2H2,1H3. The van der Waals surface area contributed by atoms with Crippen molar-refractivity contribution in [2.45, 2.75) is 61.2 Å². The Morgan fingerprint density at radius 1 is 0.538 bits per heavy atom. The van der Waals surface area contributed by atoms with E-state index in [0.29, 0.717) is 0 Å². The van der Waals surface area contributed by atoms with E-state index in [1.54, 1.807) is 0 Å². The molecule has 0 saturated heterocycles. The van der Waals surface area contributed by atoms with Crippen molar-refractivity contribution in [3.63, 3.8) is 0 Å². The maximum Gasteiger partial charge on any atom is 0.460 e. The van der Waals surface area contributed by atoms with Gasteiger partial charge in [-0.25, -0.2) is 0 Å². The third-order valence-electron chi connectivity index (χ3n) is 2.94. The molecule has 0 amide bonds. The quantitative estimate of drug-likeness (QED) is 0.558. The van der Waals surface area contributed by atoms with Crippen LogP contribution in [0.3, 0.4) is 0 Å². The van der Waals surface area contributed by atoms with Gasteiger partial charge in [-0.1, -0.05) is 0 Å². The predicted molar refractivity (Wildman–Crippen MR) is 52.0 cm³/mol. The van der Waals surface area contributed by atoms with Crippen LogP contribution in [0, 0.1) is 0 Å². The molecule has 0 fully saturated rings. The summed E-state index contributed by atoms with van der Waals surface area (Å²) in [4.78, 5) is 0. The Hall–Kier alpha value is -1.09. The van der Waals surface area contributed by atoms with E-state index in [-0.39, 0.29) is 6.92 Å². The second-order valence-electron chi connectivity index (χ2n) is 5.13. The molecule has 0 radical (unpaired) electrons. The zero-order valence-electron chi connectivity index (χ0n) is 11.9. The monoisotopic (exact) mass is 428 g/mol. The van der Waals surface area contributed by atoms with Crippen molar-refractivity contribution in [1.29, 1.82) is 0 Å². The smallest absolute Gasteiger partial charge is 0.393 e. The Morgan fingerprint density at radius 2 is 0.808 bits per heavy atom. The second-order valence-corrected chi connectivity index (χ2v) is 5.13. The number of alkyl halides is 15. The van der Waals surface area contributed by atoms with Crippen LogP contribution in [-0.2, 0) is 0 Å². The molecule has 0 aliphatic heterocycles. The summed E-state index contributed by atoms with van der Waals surface area (Å²) in [7, 11) is 0. The summed E-state index contributed by atoms with van der Waals surface area (Å²) >= 11 is 0. The SMILES string of the molecule is CC(O)CC(F)(F)C(F)(F)C(F)(F)C(F)(F)C(F)(F)C(F)(F)C(F)(F)F. The van der Waals surface area contributed by atoms with Crippen LogP contribution in [0.1, 0.15) is 13.3 Å². The topological polar surface area (TPSA) is 20.2 Å². The Morgan fingerprint density at radius 3 is 1.08 bits per heavy atom. The summed E-state index contributed by atoms with van der Waals surface area (Å²) in [5.41, 5.74) is 0. The minimum Gasteiger partial charge on any atom is -0.393 e. The van der Waals surface area contributed by atoms with Crippen LogP contribution in [-0.4, -0.2) is 52.9 Å². The molecule has 0 heterocycles. The molecule has 0 rings (SSSR count). The van der Waals surface area contributed by atoms with E-state index in [9.17, 15) is 65.9 Å². The largest absolute Gasteiger partial charge is 0.460 e. The highest BCUT2D eigenvalue weighted by molar-refractivity contribution is 5.13. The van der Waals surface area contributed by atoms with Crippen molar-refractivity contribution in [3.8, 4) is 0 Å². The van der Waals surface area contributed by atoms with Crippen LogP contribution in [0.5, 0.6) is 0 Å². The molecule has 0 bridgehead atoms. The molecular formula is C10H7F15O. The van der Waals surface area contributed by atoms with Gasteiger partial charge in [0.1, 0.15) is 0 Å². The van der Waals surface area contributed by atoms with Crippen LogP contribution in [0.25, 0.3) is 0 Å². The van der Waals surface area contributed by atoms with Crippen LogP contribution < -0.4 is 0 Å². The van der Waals surface area contributed by atoms with Crippen LogP contribution in [0.15, 0.2) is 0 Å². The minimum atomic E-state index is -8.29. The molecule has 0 aromatic rings. The molecule has 1 N–H and O–H groups in total. The van der Waals surface area contributed by atoms with Gasteiger partial charge in [-0.05, 0) is 6.92 Å². The number of rotatable bonds is 7. The number of aliphatic hydroxyl groups is 1. The van der Waals surface area contributed by atoms with Gasteiger partial charge in [0, 0.05) is 6.42 Å². The lowest BCUT2D eigenvalue weighted by Crippen LogP contribution is -2.72. The number of hydrogen-bond acceptors (Lipinski definition) is 1. The predicted octanol–water partition coefficient (Wildman–Crippen LogP) is 5.13. The third kappa shape index (κ3) is 3.28. The van der Waals surface area contributed by atoms with Gasteiger partial charge in [0.25, 0.3) is 0 Å². The molecule has 0 saturated carbocycles. The summed E-state index contributed by atoms with van der Waals surface area (Å²) in [6.07, 6.45) is -12.9. The average molecular weight is 428 g/mol. The maximum absolute atomic E-state index is 13.1. The first-order chi connectivity index (χ1) is 10.9. The van der Waals surface area contributed by atoms with Crippen molar-refractivity contribution in [1.82, 2.24) is 0 Å². The zero-order chi connectivity index (χ0) is 21.8. The lowest BCUT2D eigenvalue weighted by Gasteiger charge is -2.41. The van der Waals surface area contributed by atoms with E-state index in [1.807, 2.05) is 0 Å². The summed E-state index contributed by atoms with van der Waals surface area (Å²) < 4.78 is 190. The molecule has 0 aromatic heterocycles. The second kappa shape index (κ2) is 6.22. The highest BCUT2D eigenvalue weighted by atomic mass is 19.4. The molecule has 158 valence electrons. The van der Waals surface area contributed by atoms with Crippen molar-refractivity contribution in [3.05, 3.63) is 0 Å². The van der Waals surface area contributed by atoms with Gasteiger partial charge in [-0.3, -0.25) is 0 Å². The van der Waals surface area contributed by atoms with Gasteiger partial charge in [-0.15, -0.1) is 0 Å². The first-order valence-electron chi connectivity index (χ1n) is 5.93. The van der Waals surface area contributed by atoms with Gasteiger partial charge in [-0.2, -0.15) is 65.9 Å². The molecule has 0 aliphatic rings. The fraction of sp³-hybridized carbons (Fsp3) is 1.00. The minimum absolute atomic E-state index is 0.257. The van der Waals surface area contributed by atoms with Gasteiger partial charge in [0.2, 0.25) is 0 Å². The van der Waals surface area contributed by atoms with E-state index < -0.39 is 54.2 Å². The summed E-state index contributed by atoms with van der Waals surface area (Å²) in [6.45, 7) is 0.257. The molecule has 1 unspecified atom stereocenters. The van der Waals surface area contributed by atoms with Crippen molar-refractivity contribution < 1.29 is 71.0 Å². The number of hydrogen-bond donors (Lipinski definition) is 1. The Labute approximate surface area is 133 Å². The molecular weight excluding hydrogens is 421 g/mol. The van der Waals surface area contributed by atoms with E-state index >= 15 is 0 Å². The van der Waals surface area contributed by atoms with E-state index in [0.717, 1.165) is 0 Å². The fourth-order valence-corrected chi connectivity index (χ4v) is 1.50. The van der Waals surface area contributed by atoms with Gasteiger partial charge in [0.05, 0.1) is 6.10 Å². The molecule has 0 aromatic carbocycles. The number of aliphatic hydroxyl groups excluding tert-OH is 1. The molecule has 16 heteroatoms. The van der Waals surface area contributed by atoms with Crippen LogP contribution >= 0.6 is 0 Å². The maximum atomic E-state index is 13.1. The highest BCUT2D eigenvalue weighted by Crippen LogP contribution is 2.62. The summed E-state index contributed by atoms with van der Waals surface area (Å²) in [5, 5.41) is 8.45. The fourth-order valence-electron chi connectivity index (χ4n) is 1.50. The first kappa shape index (κ1) is 24.9. The Balaban J connectivity index is 6.42. The van der Waals surface area contributed by atoms with E-state index in [4.69, 9.17) is 5.11 Å².